The number of carbonyl (C=O) groups excluding carboxylic acids is 1. The number of carbonyl (C=O) groups is 1. The van der Waals surface area contributed by atoms with Crippen molar-refractivity contribution in [1.82, 2.24) is 4.98 Å². The molecule has 106 valence electrons. The van der Waals surface area contributed by atoms with Crippen LogP contribution in [-0.2, 0) is 0 Å². The van der Waals surface area contributed by atoms with Gasteiger partial charge in [-0.2, -0.15) is 0 Å². The number of nitrogens with two attached hydrogens (primary N) is 1. The number of hydrogen-bond acceptors (Lipinski definition) is 4. The van der Waals surface area contributed by atoms with Gasteiger partial charge in [0.25, 0.3) is 0 Å². The molecule has 0 atom stereocenters. The second kappa shape index (κ2) is 4.93. The van der Waals surface area contributed by atoms with E-state index in [2.05, 4.69) is 4.98 Å². The van der Waals surface area contributed by atoms with E-state index in [1.54, 1.807) is 12.1 Å². The molecule has 0 aliphatic rings. The van der Waals surface area contributed by atoms with Gasteiger partial charge < -0.3 is 5.73 Å². The van der Waals surface area contributed by atoms with Crippen LogP contribution in [0.2, 0.25) is 0 Å². The minimum Gasteiger partial charge on any atom is -0.398 e. The lowest BCUT2D eigenvalue weighted by Crippen LogP contribution is -1.99. The summed E-state index contributed by atoms with van der Waals surface area (Å²) in [6.07, 6.45) is 0. The number of hydrogen-bond donors (Lipinski definition) is 1. The number of benzene rings is 3. The Bertz CT molecular complexity index is 1010. The van der Waals surface area contributed by atoms with Crippen LogP contribution in [0.1, 0.15) is 15.4 Å². The highest BCUT2D eigenvalue weighted by Crippen LogP contribution is 2.34. The molecule has 0 amide bonds. The van der Waals surface area contributed by atoms with E-state index in [1.807, 2.05) is 48.5 Å². The van der Waals surface area contributed by atoms with E-state index in [9.17, 15) is 4.79 Å². The maximum Gasteiger partial charge on any atom is 0.221 e. The molecule has 3 nitrogen and oxygen atoms in total. The Labute approximate surface area is 131 Å². The predicted molar refractivity (Wildman–Crippen MR) is 91.4 cm³/mol. The largest absolute Gasteiger partial charge is 0.398 e. The molecule has 0 spiro atoms. The van der Waals surface area contributed by atoms with Crippen LogP contribution in [0.15, 0.2) is 60.7 Å². The second-order valence-electron chi connectivity index (χ2n) is 5.08. The summed E-state index contributed by atoms with van der Waals surface area (Å²) < 4.78 is 0.873. The number of nitrogen functional groups attached to an aromatic ring is 1. The van der Waals surface area contributed by atoms with Gasteiger partial charge in [-0.25, -0.2) is 4.98 Å². The van der Waals surface area contributed by atoms with Gasteiger partial charge in [-0.15, -0.1) is 11.3 Å². The van der Waals surface area contributed by atoms with Gasteiger partial charge in [0.05, 0.1) is 15.9 Å². The summed E-state index contributed by atoms with van der Waals surface area (Å²) in [6, 6.07) is 19.1. The lowest BCUT2D eigenvalue weighted by Gasteiger charge is -2.00. The third-order valence-corrected chi connectivity index (χ3v) is 4.75. The average molecular weight is 304 g/mol. The number of nitrogens with zero attached hydrogens (tertiary/aromatic N) is 1. The molecule has 0 unspecified atom stereocenters. The number of rotatable bonds is 2. The van der Waals surface area contributed by atoms with Crippen molar-refractivity contribution in [2.24, 2.45) is 0 Å². The summed E-state index contributed by atoms with van der Waals surface area (Å²) in [5.41, 5.74) is 8.25. The highest BCUT2D eigenvalue weighted by atomic mass is 32.1. The van der Waals surface area contributed by atoms with Crippen LogP contribution in [0.3, 0.4) is 0 Å². The fourth-order valence-corrected chi connectivity index (χ4v) is 3.55. The molecule has 0 radical (unpaired) electrons. The SMILES string of the molecule is Nc1cc2ccccc2c2nc(C(=O)c3ccccc3)sc12. The average Bonchev–Trinajstić information content (AvgIpc) is 3.01. The fraction of sp³-hybridized carbons (Fsp3) is 0. The summed E-state index contributed by atoms with van der Waals surface area (Å²) in [7, 11) is 0. The van der Waals surface area contributed by atoms with Crippen LogP contribution >= 0.6 is 11.3 Å². The van der Waals surface area contributed by atoms with Crippen LogP contribution in [0, 0.1) is 0 Å². The second-order valence-corrected chi connectivity index (χ2v) is 6.08. The van der Waals surface area contributed by atoms with Crippen LogP contribution in [0.25, 0.3) is 21.0 Å². The fourth-order valence-electron chi connectivity index (χ4n) is 2.58. The van der Waals surface area contributed by atoms with Gasteiger partial charge in [-0.05, 0) is 11.5 Å². The molecular weight excluding hydrogens is 292 g/mol. The van der Waals surface area contributed by atoms with Crippen LogP contribution < -0.4 is 5.73 Å². The molecule has 0 saturated carbocycles. The maximum absolute atomic E-state index is 12.6. The molecule has 3 aromatic carbocycles. The lowest BCUT2D eigenvalue weighted by molar-refractivity contribution is 0.103. The maximum atomic E-state index is 12.6. The van der Waals surface area contributed by atoms with Crippen molar-refractivity contribution < 1.29 is 4.79 Å². The van der Waals surface area contributed by atoms with E-state index < -0.39 is 0 Å². The van der Waals surface area contributed by atoms with Gasteiger partial charge in [0.1, 0.15) is 0 Å². The zero-order valence-corrected chi connectivity index (χ0v) is 12.4. The first kappa shape index (κ1) is 13.0. The summed E-state index contributed by atoms with van der Waals surface area (Å²) in [5, 5.41) is 2.54. The Hall–Kier alpha value is -2.72. The van der Waals surface area contributed by atoms with E-state index in [1.165, 1.54) is 11.3 Å². The summed E-state index contributed by atoms with van der Waals surface area (Å²) in [6.45, 7) is 0. The summed E-state index contributed by atoms with van der Waals surface area (Å²) >= 11 is 1.36. The predicted octanol–water partition coefficient (Wildman–Crippen LogP) is 4.26. The minimum absolute atomic E-state index is 0.0646. The standard InChI is InChI=1S/C18H12N2OS/c19-14-10-12-8-4-5-9-13(12)15-17(14)22-18(20-15)16(21)11-6-2-1-3-7-11/h1-10H,19H2. The Kier molecular flexibility index (Phi) is 2.91. The lowest BCUT2D eigenvalue weighted by atomic mass is 10.1. The molecule has 0 aliphatic carbocycles. The van der Waals surface area contributed by atoms with Gasteiger partial charge in [0.15, 0.2) is 5.01 Å². The highest BCUT2D eigenvalue weighted by Gasteiger charge is 2.17. The first-order chi connectivity index (χ1) is 10.7. The number of anilines is 1. The van der Waals surface area contributed by atoms with E-state index in [0.717, 1.165) is 21.0 Å². The van der Waals surface area contributed by atoms with Gasteiger partial charge in [0, 0.05) is 10.9 Å². The van der Waals surface area contributed by atoms with E-state index in [0.29, 0.717) is 16.3 Å². The highest BCUT2D eigenvalue weighted by molar-refractivity contribution is 7.21. The topological polar surface area (TPSA) is 56.0 Å². The smallest absolute Gasteiger partial charge is 0.221 e. The van der Waals surface area contributed by atoms with Crippen LogP contribution in [0.5, 0.6) is 0 Å². The summed E-state index contributed by atoms with van der Waals surface area (Å²) in [5.74, 6) is -0.0646. The van der Waals surface area contributed by atoms with Crippen molar-refractivity contribution >= 4 is 43.8 Å². The molecule has 4 rings (SSSR count). The zero-order chi connectivity index (χ0) is 15.1. The van der Waals surface area contributed by atoms with E-state index >= 15 is 0 Å². The van der Waals surface area contributed by atoms with Gasteiger partial charge in [0.2, 0.25) is 5.78 Å². The Balaban J connectivity index is 1.96. The monoisotopic (exact) mass is 304 g/mol. The molecular formula is C18H12N2OS. The molecule has 1 heterocycles. The van der Waals surface area contributed by atoms with Gasteiger partial charge in [-0.3, -0.25) is 4.79 Å². The van der Waals surface area contributed by atoms with Gasteiger partial charge >= 0.3 is 0 Å². The third-order valence-electron chi connectivity index (χ3n) is 3.65. The molecule has 0 fully saturated rings. The molecule has 4 aromatic rings. The normalized spacial score (nSPS) is 11.1. The van der Waals surface area contributed by atoms with E-state index in [-0.39, 0.29) is 5.78 Å². The minimum atomic E-state index is -0.0646. The molecule has 2 N–H and O–H groups in total. The first-order valence-corrected chi connectivity index (χ1v) is 7.73. The molecule has 0 saturated heterocycles. The van der Waals surface area contributed by atoms with Crippen LogP contribution in [0.4, 0.5) is 5.69 Å². The number of fused-ring (bicyclic) bond motifs is 3. The Morgan fingerprint density at radius 3 is 2.55 bits per heavy atom. The van der Waals surface area contributed by atoms with Crippen molar-refractivity contribution in [3.63, 3.8) is 0 Å². The molecule has 1 aromatic heterocycles. The van der Waals surface area contributed by atoms with Crippen LogP contribution in [-0.4, -0.2) is 10.8 Å². The molecule has 0 aliphatic heterocycles. The number of ketones is 1. The number of aromatic nitrogens is 1. The Morgan fingerprint density at radius 2 is 1.73 bits per heavy atom. The molecule has 22 heavy (non-hydrogen) atoms. The quantitative estimate of drug-likeness (QED) is 0.444. The first-order valence-electron chi connectivity index (χ1n) is 6.91. The van der Waals surface area contributed by atoms with Crippen molar-refractivity contribution in [3.05, 3.63) is 71.2 Å². The van der Waals surface area contributed by atoms with Crippen molar-refractivity contribution in [1.29, 1.82) is 0 Å². The van der Waals surface area contributed by atoms with E-state index in [4.69, 9.17) is 5.73 Å². The third kappa shape index (κ3) is 1.96. The van der Waals surface area contributed by atoms with Crippen molar-refractivity contribution in [2.75, 3.05) is 5.73 Å². The van der Waals surface area contributed by atoms with Gasteiger partial charge in [-0.1, -0.05) is 54.6 Å². The zero-order valence-electron chi connectivity index (χ0n) is 11.6. The van der Waals surface area contributed by atoms with Crippen molar-refractivity contribution in [3.8, 4) is 0 Å². The van der Waals surface area contributed by atoms with Crippen molar-refractivity contribution in [2.45, 2.75) is 0 Å². The summed E-state index contributed by atoms with van der Waals surface area (Å²) in [4.78, 5) is 17.1. The number of thiazole rings is 1. The molecule has 4 heteroatoms. The molecule has 0 bridgehead atoms. The Morgan fingerprint density at radius 1 is 1.00 bits per heavy atom.